The van der Waals surface area contributed by atoms with Gasteiger partial charge in [-0.15, -0.1) is 0 Å². The third kappa shape index (κ3) is 2.40. The van der Waals surface area contributed by atoms with Gasteiger partial charge in [-0.1, -0.05) is 42.5 Å². The zero-order valence-electron chi connectivity index (χ0n) is 12.4. The fourth-order valence-electron chi connectivity index (χ4n) is 3.35. The highest BCUT2D eigenvalue weighted by Crippen LogP contribution is 2.41. The number of hydrogen-bond donors (Lipinski definition) is 1. The van der Waals surface area contributed by atoms with Gasteiger partial charge >= 0.3 is 5.97 Å². The van der Waals surface area contributed by atoms with Crippen LogP contribution in [-0.4, -0.2) is 23.0 Å². The molecule has 0 amide bonds. The van der Waals surface area contributed by atoms with Gasteiger partial charge in [0.05, 0.1) is 12.2 Å². The Hall–Kier alpha value is -2.62. The van der Waals surface area contributed by atoms with E-state index in [0.29, 0.717) is 6.42 Å². The van der Waals surface area contributed by atoms with Crippen molar-refractivity contribution in [3.63, 3.8) is 0 Å². The number of allylic oxidation sites excluding steroid dienone is 2. The molecule has 23 heavy (non-hydrogen) atoms. The molecule has 116 valence electrons. The maximum absolute atomic E-state index is 12.3. The van der Waals surface area contributed by atoms with E-state index < -0.39 is 11.9 Å². The Bertz CT molecular complexity index is 875. The number of carbonyl (C=O) groups excluding carboxylic acids is 1. The van der Waals surface area contributed by atoms with Gasteiger partial charge in [-0.2, -0.15) is 0 Å². The van der Waals surface area contributed by atoms with Crippen LogP contribution in [-0.2, 0) is 14.3 Å². The average Bonchev–Trinajstić information content (AvgIpc) is 3.36. The third-order valence-corrected chi connectivity index (χ3v) is 4.71. The largest absolute Gasteiger partial charge is 0.488 e. The lowest BCUT2D eigenvalue weighted by molar-refractivity contribution is -0.140. The van der Waals surface area contributed by atoms with E-state index >= 15 is 0 Å². The smallest absolute Gasteiger partial charge is 0.307 e. The first kappa shape index (κ1) is 14.0. The third-order valence-electron chi connectivity index (χ3n) is 4.71. The van der Waals surface area contributed by atoms with Gasteiger partial charge in [0.15, 0.2) is 0 Å². The summed E-state index contributed by atoms with van der Waals surface area (Å²) in [6, 6.07) is 8.00. The highest BCUT2D eigenvalue weighted by molar-refractivity contribution is 5.92. The molecule has 4 heteroatoms. The number of Topliss-reactive ketones (excluding diaryl/α,β-unsaturated/α-hetero) is 1. The topological polar surface area (TPSA) is 63.6 Å². The average molecular weight is 308 g/mol. The Kier molecular flexibility index (Phi) is 3.18. The van der Waals surface area contributed by atoms with Crippen molar-refractivity contribution in [2.24, 2.45) is 11.8 Å². The van der Waals surface area contributed by atoms with Gasteiger partial charge in [-0.3, -0.25) is 9.59 Å². The highest BCUT2D eigenvalue weighted by Gasteiger charge is 2.48. The van der Waals surface area contributed by atoms with Crippen LogP contribution in [0.15, 0.2) is 48.1 Å². The summed E-state index contributed by atoms with van der Waals surface area (Å²) in [6.07, 6.45) is 8.06. The number of carboxylic acids is 1. The minimum absolute atomic E-state index is 0.000702. The van der Waals surface area contributed by atoms with Crippen molar-refractivity contribution in [2.75, 3.05) is 0 Å². The Balaban J connectivity index is 1.60. The van der Waals surface area contributed by atoms with Crippen molar-refractivity contribution in [1.29, 1.82) is 0 Å². The second-order valence-corrected chi connectivity index (χ2v) is 6.21. The number of fused-ring (bicyclic) bond motifs is 2. The van der Waals surface area contributed by atoms with Crippen molar-refractivity contribution in [1.82, 2.24) is 0 Å². The molecule has 1 heterocycles. The van der Waals surface area contributed by atoms with Gasteiger partial charge in [0.2, 0.25) is 0 Å². The fourth-order valence-corrected chi connectivity index (χ4v) is 3.35. The Morgan fingerprint density at radius 1 is 1.22 bits per heavy atom. The van der Waals surface area contributed by atoms with Crippen LogP contribution >= 0.6 is 0 Å². The van der Waals surface area contributed by atoms with Gasteiger partial charge in [0.25, 0.3) is 0 Å². The van der Waals surface area contributed by atoms with E-state index in [-0.39, 0.29) is 24.2 Å². The molecule has 3 atom stereocenters. The summed E-state index contributed by atoms with van der Waals surface area (Å²) in [6.45, 7) is 0. The van der Waals surface area contributed by atoms with Crippen LogP contribution in [0.4, 0.5) is 0 Å². The van der Waals surface area contributed by atoms with Crippen molar-refractivity contribution < 1.29 is 19.4 Å². The van der Waals surface area contributed by atoms with Crippen molar-refractivity contribution in [2.45, 2.75) is 18.9 Å². The number of carbonyl (C=O) groups is 2. The summed E-state index contributed by atoms with van der Waals surface area (Å²) in [5.41, 5.74) is 1.95. The lowest BCUT2D eigenvalue weighted by atomic mass is 9.89. The molecule has 1 N–H and O–H groups in total. The molecule has 1 aliphatic heterocycles. The number of ketones is 1. The predicted molar refractivity (Wildman–Crippen MR) is 84.5 cm³/mol. The summed E-state index contributed by atoms with van der Waals surface area (Å²) in [5.74, 6) is -1.70. The molecule has 1 fully saturated rings. The van der Waals surface area contributed by atoms with Crippen LogP contribution < -0.4 is 10.4 Å². The molecule has 0 aromatic heterocycles. The predicted octanol–water partition coefficient (Wildman–Crippen LogP) is 1.15. The van der Waals surface area contributed by atoms with Crippen LogP contribution in [0.5, 0.6) is 0 Å². The van der Waals surface area contributed by atoms with Gasteiger partial charge in [-0.05, 0) is 17.2 Å². The van der Waals surface area contributed by atoms with Crippen molar-refractivity contribution in [3.05, 3.63) is 58.5 Å². The Morgan fingerprint density at radius 2 is 2.04 bits per heavy atom. The molecule has 1 unspecified atom stereocenters. The minimum atomic E-state index is -0.871. The number of benzene rings is 1. The molecule has 4 rings (SSSR count). The zero-order chi connectivity index (χ0) is 16.0. The molecule has 4 nitrogen and oxygen atoms in total. The number of rotatable bonds is 4. The first-order valence-corrected chi connectivity index (χ1v) is 7.72. The maximum Gasteiger partial charge on any atom is 0.307 e. The summed E-state index contributed by atoms with van der Waals surface area (Å²) in [4.78, 5) is 23.2. The molecule has 3 aliphatic rings. The first-order chi connectivity index (χ1) is 11.1. The summed E-state index contributed by atoms with van der Waals surface area (Å²) >= 11 is 0. The number of hydrogen-bond acceptors (Lipinski definition) is 3. The standard InChI is InChI=1S/C19H16O4/c20-17(15-9-16(15)19(21)22)8-11-5-3-7-14-13-6-2-1-4-12(13)10-23-18(11)14/h1-7,10,15-16,18H,8-9H2,(H,21,22)/t15-,16-,18?/m0/s1. The number of carboxylic acid groups (broad SMARTS) is 1. The van der Waals surface area contributed by atoms with Crippen LogP contribution in [0, 0.1) is 11.8 Å². The fraction of sp³-hybridized carbons (Fsp3) is 0.263. The van der Waals surface area contributed by atoms with Crippen molar-refractivity contribution in [3.8, 4) is 0 Å². The van der Waals surface area contributed by atoms with E-state index in [0.717, 1.165) is 21.6 Å². The second kappa shape index (κ2) is 5.23. The van der Waals surface area contributed by atoms with E-state index in [1.165, 1.54) is 0 Å². The SMILES string of the molecule is O=C(O)[C@H]1C[C@@H]1C(=O)CC1=CC=CC2=c3ccccc3=COC12. The maximum atomic E-state index is 12.3. The van der Waals surface area contributed by atoms with Crippen molar-refractivity contribution >= 4 is 23.6 Å². The Morgan fingerprint density at radius 3 is 2.83 bits per heavy atom. The second-order valence-electron chi connectivity index (χ2n) is 6.21. The van der Waals surface area contributed by atoms with Crippen LogP contribution in [0.3, 0.4) is 0 Å². The molecule has 1 aromatic rings. The van der Waals surface area contributed by atoms with Crippen LogP contribution in [0.1, 0.15) is 12.8 Å². The molecule has 0 bridgehead atoms. The number of aliphatic carboxylic acids is 1. The van der Waals surface area contributed by atoms with Gasteiger partial charge in [0.1, 0.15) is 11.9 Å². The zero-order valence-corrected chi connectivity index (χ0v) is 12.4. The molecule has 0 radical (unpaired) electrons. The lowest BCUT2D eigenvalue weighted by Gasteiger charge is -2.26. The van der Waals surface area contributed by atoms with Gasteiger partial charge in [-0.25, -0.2) is 0 Å². The molecule has 0 saturated heterocycles. The highest BCUT2D eigenvalue weighted by atomic mass is 16.5. The van der Waals surface area contributed by atoms with Gasteiger partial charge < -0.3 is 9.84 Å². The Labute approximate surface area is 133 Å². The normalized spacial score (nSPS) is 27.0. The van der Waals surface area contributed by atoms with E-state index in [2.05, 4.69) is 0 Å². The van der Waals surface area contributed by atoms with Gasteiger partial charge in [0, 0.05) is 23.1 Å². The number of ether oxygens (including phenoxy) is 1. The molecular weight excluding hydrogens is 292 g/mol. The molecule has 1 saturated carbocycles. The summed E-state index contributed by atoms with van der Waals surface area (Å²) in [7, 11) is 0. The van der Waals surface area contributed by atoms with Crippen LogP contribution in [0.25, 0.3) is 11.8 Å². The van der Waals surface area contributed by atoms with E-state index in [1.807, 2.05) is 42.5 Å². The molecule has 1 aromatic carbocycles. The van der Waals surface area contributed by atoms with E-state index in [1.54, 1.807) is 6.26 Å². The monoisotopic (exact) mass is 308 g/mol. The van der Waals surface area contributed by atoms with E-state index in [4.69, 9.17) is 9.84 Å². The first-order valence-electron chi connectivity index (χ1n) is 7.72. The van der Waals surface area contributed by atoms with E-state index in [9.17, 15) is 9.59 Å². The van der Waals surface area contributed by atoms with Crippen LogP contribution in [0.2, 0.25) is 0 Å². The lowest BCUT2D eigenvalue weighted by Crippen LogP contribution is -2.37. The molecule has 2 aliphatic carbocycles. The quantitative estimate of drug-likeness (QED) is 0.906. The molecule has 0 spiro atoms. The minimum Gasteiger partial charge on any atom is -0.488 e. The summed E-state index contributed by atoms with van der Waals surface area (Å²) in [5, 5.41) is 11.1. The summed E-state index contributed by atoms with van der Waals surface area (Å²) < 4.78 is 5.85. The molecular formula is C19H16O4.